The van der Waals surface area contributed by atoms with E-state index >= 15 is 0 Å². The Bertz CT molecular complexity index is 522. The fourth-order valence-electron chi connectivity index (χ4n) is 3.14. The molecule has 1 heterocycles. The van der Waals surface area contributed by atoms with Crippen LogP contribution in [0.15, 0.2) is 18.2 Å². The number of methoxy groups -OCH3 is 2. The molecule has 0 bridgehead atoms. The van der Waals surface area contributed by atoms with Crippen molar-refractivity contribution >= 4 is 17.3 Å². The molecule has 0 amide bonds. The monoisotopic (exact) mass is 336 g/mol. The van der Waals surface area contributed by atoms with Crippen molar-refractivity contribution < 1.29 is 9.47 Å². The zero-order chi connectivity index (χ0) is 16.7. The van der Waals surface area contributed by atoms with E-state index in [2.05, 4.69) is 23.2 Å². The first-order chi connectivity index (χ1) is 11.2. The molecule has 0 aliphatic carbocycles. The zero-order valence-electron chi connectivity index (χ0n) is 14.4. The van der Waals surface area contributed by atoms with E-state index in [4.69, 9.17) is 21.7 Å². The summed E-state index contributed by atoms with van der Waals surface area (Å²) in [7, 11) is 3.32. The molecule has 1 saturated heterocycles. The van der Waals surface area contributed by atoms with Crippen LogP contribution in [0.3, 0.4) is 0 Å². The van der Waals surface area contributed by atoms with Crippen molar-refractivity contribution in [1.82, 2.24) is 10.2 Å². The van der Waals surface area contributed by atoms with Gasteiger partial charge < -0.3 is 19.7 Å². The first-order valence-electron chi connectivity index (χ1n) is 8.45. The molecule has 0 spiro atoms. The highest BCUT2D eigenvalue weighted by Gasteiger charge is 2.22. The van der Waals surface area contributed by atoms with Crippen LogP contribution < -0.4 is 14.8 Å². The highest BCUT2D eigenvalue weighted by atomic mass is 32.1. The molecular weight excluding hydrogens is 308 g/mol. The van der Waals surface area contributed by atoms with E-state index in [0.29, 0.717) is 6.04 Å². The van der Waals surface area contributed by atoms with E-state index < -0.39 is 0 Å². The molecule has 5 heteroatoms. The van der Waals surface area contributed by atoms with Gasteiger partial charge >= 0.3 is 0 Å². The number of hydrogen-bond donors (Lipinski definition) is 1. The Morgan fingerprint density at radius 2 is 2.04 bits per heavy atom. The van der Waals surface area contributed by atoms with Gasteiger partial charge in [0.2, 0.25) is 0 Å². The van der Waals surface area contributed by atoms with E-state index in [1.165, 1.54) is 24.8 Å². The number of rotatable bonds is 6. The molecular formula is C18H28N2O2S. The second-order valence-corrected chi connectivity index (χ2v) is 6.31. The quantitative estimate of drug-likeness (QED) is 0.806. The zero-order valence-corrected chi connectivity index (χ0v) is 15.2. The second-order valence-electron chi connectivity index (χ2n) is 5.92. The van der Waals surface area contributed by atoms with Crippen LogP contribution in [0.5, 0.6) is 11.5 Å². The summed E-state index contributed by atoms with van der Waals surface area (Å²) < 4.78 is 10.6. The number of thiocarbonyl (C=S) groups is 1. The number of piperidine rings is 1. The average molecular weight is 337 g/mol. The van der Waals surface area contributed by atoms with Gasteiger partial charge in [0, 0.05) is 19.1 Å². The normalized spacial score (nSPS) is 17.7. The van der Waals surface area contributed by atoms with Crippen LogP contribution in [0.1, 0.15) is 38.2 Å². The predicted octanol–water partition coefficient (Wildman–Crippen LogP) is 3.39. The first-order valence-corrected chi connectivity index (χ1v) is 8.85. The molecule has 23 heavy (non-hydrogen) atoms. The molecule has 1 aliphatic heterocycles. The van der Waals surface area contributed by atoms with E-state index in [-0.39, 0.29) is 0 Å². The summed E-state index contributed by atoms with van der Waals surface area (Å²) in [6.07, 6.45) is 5.90. The lowest BCUT2D eigenvalue weighted by Crippen LogP contribution is -2.48. The lowest BCUT2D eigenvalue weighted by Gasteiger charge is -2.37. The first kappa shape index (κ1) is 17.9. The summed E-state index contributed by atoms with van der Waals surface area (Å²) in [5.41, 5.74) is 1.21. The van der Waals surface area contributed by atoms with Gasteiger partial charge in [-0.05, 0) is 62.0 Å². The number of benzene rings is 1. The van der Waals surface area contributed by atoms with Gasteiger partial charge in [0.1, 0.15) is 0 Å². The van der Waals surface area contributed by atoms with Crippen LogP contribution >= 0.6 is 12.2 Å². The fourth-order valence-corrected chi connectivity index (χ4v) is 3.49. The Balaban J connectivity index is 1.85. The Hall–Kier alpha value is -1.49. The van der Waals surface area contributed by atoms with Gasteiger partial charge in [-0.2, -0.15) is 0 Å². The maximum absolute atomic E-state index is 5.59. The van der Waals surface area contributed by atoms with Crippen LogP contribution in [-0.2, 0) is 6.42 Å². The van der Waals surface area contributed by atoms with E-state index in [1.807, 2.05) is 12.1 Å². The molecule has 1 fully saturated rings. The van der Waals surface area contributed by atoms with Gasteiger partial charge in [-0.1, -0.05) is 13.0 Å². The number of hydrogen-bond acceptors (Lipinski definition) is 3. The van der Waals surface area contributed by atoms with Gasteiger partial charge in [0.05, 0.1) is 14.2 Å². The van der Waals surface area contributed by atoms with Gasteiger partial charge in [0.15, 0.2) is 16.6 Å². The largest absolute Gasteiger partial charge is 0.493 e. The van der Waals surface area contributed by atoms with E-state index in [9.17, 15) is 0 Å². The SMILES string of the molecule is CC[C@@H]1CCCCN1C(=S)NCCc1ccc(OC)c(OC)c1. The van der Waals surface area contributed by atoms with Crippen molar-refractivity contribution in [3.8, 4) is 11.5 Å². The smallest absolute Gasteiger partial charge is 0.169 e. The third-order valence-corrected chi connectivity index (χ3v) is 4.88. The minimum absolute atomic E-state index is 0.602. The third kappa shape index (κ3) is 4.74. The summed E-state index contributed by atoms with van der Waals surface area (Å²) in [6.45, 7) is 4.16. The van der Waals surface area contributed by atoms with Crippen LogP contribution in [-0.4, -0.2) is 43.4 Å². The fraction of sp³-hybridized carbons (Fsp3) is 0.611. The molecule has 0 saturated carbocycles. The van der Waals surface area contributed by atoms with Crippen molar-refractivity contribution in [3.05, 3.63) is 23.8 Å². The van der Waals surface area contributed by atoms with Crippen molar-refractivity contribution in [2.45, 2.75) is 45.1 Å². The summed E-state index contributed by atoms with van der Waals surface area (Å²) >= 11 is 5.59. The van der Waals surface area contributed by atoms with Gasteiger partial charge in [-0.3, -0.25) is 0 Å². The maximum atomic E-state index is 5.59. The molecule has 2 rings (SSSR count). The Kier molecular flexibility index (Phi) is 6.96. The average Bonchev–Trinajstić information content (AvgIpc) is 2.61. The summed E-state index contributed by atoms with van der Waals surface area (Å²) in [5.74, 6) is 1.54. The van der Waals surface area contributed by atoms with Crippen molar-refractivity contribution in [2.24, 2.45) is 0 Å². The highest BCUT2D eigenvalue weighted by molar-refractivity contribution is 7.80. The molecule has 128 valence electrons. The highest BCUT2D eigenvalue weighted by Crippen LogP contribution is 2.27. The molecule has 1 aromatic carbocycles. The third-order valence-electron chi connectivity index (χ3n) is 4.50. The maximum Gasteiger partial charge on any atom is 0.169 e. The van der Waals surface area contributed by atoms with E-state index in [1.54, 1.807) is 14.2 Å². The minimum Gasteiger partial charge on any atom is -0.493 e. The number of ether oxygens (including phenoxy) is 2. The lowest BCUT2D eigenvalue weighted by molar-refractivity contribution is 0.233. The molecule has 0 unspecified atom stereocenters. The standard InChI is InChI=1S/C18H28N2O2S/c1-4-15-7-5-6-12-20(15)18(23)19-11-10-14-8-9-16(21-2)17(13-14)22-3/h8-9,13,15H,4-7,10-12H2,1-3H3,(H,19,23)/t15-/m1/s1. The van der Waals surface area contributed by atoms with E-state index in [0.717, 1.165) is 42.5 Å². The molecule has 1 N–H and O–H groups in total. The Morgan fingerprint density at radius 1 is 1.26 bits per heavy atom. The summed E-state index contributed by atoms with van der Waals surface area (Å²) in [5, 5.41) is 4.32. The Labute approximate surface area is 145 Å². The predicted molar refractivity (Wildman–Crippen MR) is 98.5 cm³/mol. The number of likely N-dealkylation sites (tertiary alicyclic amines) is 1. The molecule has 0 radical (unpaired) electrons. The number of nitrogens with one attached hydrogen (secondary N) is 1. The topological polar surface area (TPSA) is 33.7 Å². The van der Waals surface area contributed by atoms with Gasteiger partial charge in [-0.15, -0.1) is 0 Å². The molecule has 1 aromatic rings. The molecule has 1 aliphatic rings. The number of nitrogens with zero attached hydrogens (tertiary/aromatic N) is 1. The van der Waals surface area contributed by atoms with Gasteiger partial charge in [0.25, 0.3) is 0 Å². The van der Waals surface area contributed by atoms with Crippen molar-refractivity contribution in [2.75, 3.05) is 27.3 Å². The van der Waals surface area contributed by atoms with Crippen molar-refractivity contribution in [1.29, 1.82) is 0 Å². The second kappa shape index (κ2) is 8.96. The molecule has 0 aromatic heterocycles. The molecule has 4 nitrogen and oxygen atoms in total. The Morgan fingerprint density at radius 3 is 2.74 bits per heavy atom. The van der Waals surface area contributed by atoms with Crippen LogP contribution in [0.25, 0.3) is 0 Å². The molecule has 1 atom stereocenters. The summed E-state index contributed by atoms with van der Waals surface area (Å²) in [6, 6.07) is 6.65. The minimum atomic E-state index is 0.602. The van der Waals surface area contributed by atoms with Crippen LogP contribution in [0.4, 0.5) is 0 Å². The summed E-state index contributed by atoms with van der Waals surface area (Å²) in [4.78, 5) is 2.37. The van der Waals surface area contributed by atoms with Crippen LogP contribution in [0.2, 0.25) is 0 Å². The lowest BCUT2D eigenvalue weighted by atomic mass is 10.0. The van der Waals surface area contributed by atoms with Gasteiger partial charge in [-0.25, -0.2) is 0 Å². The van der Waals surface area contributed by atoms with Crippen molar-refractivity contribution in [3.63, 3.8) is 0 Å². The van der Waals surface area contributed by atoms with Crippen LogP contribution in [0, 0.1) is 0 Å².